The molecule has 0 spiro atoms. The fraction of sp³-hybridized carbons (Fsp3) is 0.346. The van der Waals surface area contributed by atoms with Crippen molar-refractivity contribution in [1.29, 1.82) is 0 Å². The largest absolute Gasteiger partial charge is 0.486 e. The molecule has 0 aromatic carbocycles. The quantitative estimate of drug-likeness (QED) is 0.485. The van der Waals surface area contributed by atoms with E-state index in [9.17, 15) is 14.3 Å². The van der Waals surface area contributed by atoms with Crippen LogP contribution in [-0.4, -0.2) is 36.9 Å². The second-order valence-corrected chi connectivity index (χ2v) is 10.1. The third-order valence-corrected chi connectivity index (χ3v) is 6.57. The lowest BCUT2D eigenvalue weighted by molar-refractivity contribution is 0.0686. The zero-order chi connectivity index (χ0) is 26.2. The lowest BCUT2D eigenvalue weighted by atomic mass is 9.99. The fourth-order valence-corrected chi connectivity index (χ4v) is 4.27. The van der Waals surface area contributed by atoms with Crippen molar-refractivity contribution < 1.29 is 14.2 Å². The smallest absolute Gasteiger partial charge is 0.273 e. The predicted octanol–water partition coefficient (Wildman–Crippen LogP) is 4.34. The molecule has 0 saturated heterocycles. The highest BCUT2D eigenvalue weighted by atomic mass is 79.9. The summed E-state index contributed by atoms with van der Waals surface area (Å²) in [5.74, 6) is 0.0845. The molecule has 188 valence electrons. The molecule has 0 fully saturated rings. The summed E-state index contributed by atoms with van der Waals surface area (Å²) < 4.78 is 21.5. The van der Waals surface area contributed by atoms with Gasteiger partial charge < -0.3 is 9.84 Å². The van der Waals surface area contributed by atoms with Crippen LogP contribution in [0.5, 0.6) is 5.75 Å². The molecule has 0 aliphatic carbocycles. The van der Waals surface area contributed by atoms with Gasteiger partial charge in [-0.05, 0) is 67.4 Å². The van der Waals surface area contributed by atoms with Crippen LogP contribution in [0.4, 0.5) is 4.39 Å². The maximum atomic E-state index is 13.9. The lowest BCUT2D eigenvalue weighted by Crippen LogP contribution is -2.29. The Morgan fingerprint density at radius 2 is 2.06 bits per heavy atom. The van der Waals surface area contributed by atoms with Gasteiger partial charge in [0.05, 0.1) is 11.4 Å². The van der Waals surface area contributed by atoms with E-state index in [1.54, 1.807) is 30.7 Å². The van der Waals surface area contributed by atoms with Gasteiger partial charge in [-0.25, -0.2) is 14.4 Å². The van der Waals surface area contributed by atoms with Crippen LogP contribution in [0.25, 0.3) is 5.70 Å². The van der Waals surface area contributed by atoms with Gasteiger partial charge in [0, 0.05) is 42.3 Å². The molecule has 8 nitrogen and oxygen atoms in total. The van der Waals surface area contributed by atoms with E-state index in [0.717, 1.165) is 11.3 Å². The molecule has 1 N–H and O–H groups in total. The molecule has 4 heterocycles. The van der Waals surface area contributed by atoms with E-state index < -0.39 is 11.4 Å². The van der Waals surface area contributed by atoms with Gasteiger partial charge in [0.1, 0.15) is 33.9 Å². The Morgan fingerprint density at radius 3 is 2.75 bits per heavy atom. The molecule has 0 bridgehead atoms. The fourth-order valence-electron chi connectivity index (χ4n) is 3.86. The molecule has 1 aliphatic heterocycles. The number of hydrogen-bond acceptors (Lipinski definition) is 7. The van der Waals surface area contributed by atoms with E-state index in [1.807, 2.05) is 26.8 Å². The number of rotatable bonds is 6. The first kappa shape index (κ1) is 25.8. The molecular formula is C26H27BrFN5O3. The van der Waals surface area contributed by atoms with Crippen LogP contribution in [-0.2, 0) is 12.2 Å². The summed E-state index contributed by atoms with van der Waals surface area (Å²) in [5, 5.41) is 10.4. The van der Waals surface area contributed by atoms with E-state index >= 15 is 0 Å². The Bertz CT molecular complexity index is 1440. The van der Waals surface area contributed by atoms with Crippen molar-refractivity contribution in [3.05, 3.63) is 85.8 Å². The maximum Gasteiger partial charge on any atom is 0.273 e. The molecule has 4 rings (SSSR count). The van der Waals surface area contributed by atoms with Crippen molar-refractivity contribution in [3.63, 3.8) is 0 Å². The van der Waals surface area contributed by atoms with Crippen LogP contribution in [0.2, 0.25) is 0 Å². The zero-order valence-corrected chi connectivity index (χ0v) is 22.3. The molecular weight excluding hydrogens is 529 g/mol. The number of hydrogen-bond donors (Lipinski definition) is 1. The number of halogens is 2. The van der Waals surface area contributed by atoms with Gasteiger partial charge in [0.15, 0.2) is 5.82 Å². The van der Waals surface area contributed by atoms with Gasteiger partial charge in [0.25, 0.3) is 5.56 Å². The monoisotopic (exact) mass is 555 g/mol. The highest BCUT2D eigenvalue weighted by Crippen LogP contribution is 2.29. The first-order valence-electron chi connectivity index (χ1n) is 11.4. The number of allylic oxidation sites excluding steroid dienone is 1. The summed E-state index contributed by atoms with van der Waals surface area (Å²) in [6.45, 7) is 9.28. The Hall–Kier alpha value is -3.24. The SMILES string of the molecule is Cc1cnc(C(C)(C)O)nc1C1=NC[C@@H](C)C(n2c(C)cc(OCc3ncccc3F)c(Br)c2=O)=C1. The van der Waals surface area contributed by atoms with Crippen molar-refractivity contribution in [2.45, 2.75) is 46.8 Å². The number of aromatic nitrogens is 4. The molecule has 0 unspecified atom stereocenters. The van der Waals surface area contributed by atoms with Crippen LogP contribution in [0.3, 0.4) is 0 Å². The summed E-state index contributed by atoms with van der Waals surface area (Å²) in [6.07, 6.45) is 5.00. The number of aliphatic imine (C=N–C) groups is 1. The molecule has 0 amide bonds. The van der Waals surface area contributed by atoms with E-state index in [1.165, 1.54) is 18.3 Å². The second-order valence-electron chi connectivity index (χ2n) is 9.31. The number of aliphatic hydroxyl groups is 1. The van der Waals surface area contributed by atoms with Crippen LogP contribution in [0, 0.1) is 25.6 Å². The molecule has 3 aromatic heterocycles. The predicted molar refractivity (Wildman–Crippen MR) is 139 cm³/mol. The highest BCUT2D eigenvalue weighted by molar-refractivity contribution is 9.10. The Morgan fingerprint density at radius 1 is 1.31 bits per heavy atom. The van der Waals surface area contributed by atoms with Gasteiger partial charge in [-0.3, -0.25) is 19.3 Å². The minimum Gasteiger partial charge on any atom is -0.486 e. The summed E-state index contributed by atoms with van der Waals surface area (Å²) in [7, 11) is 0. The number of ether oxygens (including phenoxy) is 1. The van der Waals surface area contributed by atoms with Crippen LogP contribution in [0.1, 0.15) is 49.2 Å². The average Bonchev–Trinajstić information content (AvgIpc) is 2.82. The molecule has 36 heavy (non-hydrogen) atoms. The normalized spacial score (nSPS) is 15.9. The van der Waals surface area contributed by atoms with E-state index in [4.69, 9.17) is 4.74 Å². The molecule has 1 atom stereocenters. The number of dihydropyridines is 1. The zero-order valence-electron chi connectivity index (χ0n) is 20.7. The van der Waals surface area contributed by atoms with E-state index in [2.05, 4.69) is 35.9 Å². The van der Waals surface area contributed by atoms with Crippen LogP contribution in [0.15, 0.2) is 50.9 Å². The number of nitrogens with zero attached hydrogens (tertiary/aromatic N) is 5. The topological polar surface area (TPSA) is 102 Å². The van der Waals surface area contributed by atoms with Crippen LogP contribution >= 0.6 is 15.9 Å². The van der Waals surface area contributed by atoms with Crippen molar-refractivity contribution in [2.24, 2.45) is 10.9 Å². The first-order valence-corrected chi connectivity index (χ1v) is 12.2. The maximum absolute atomic E-state index is 13.9. The van der Waals surface area contributed by atoms with Crippen LogP contribution < -0.4 is 10.3 Å². The van der Waals surface area contributed by atoms with Crippen molar-refractivity contribution >= 4 is 27.3 Å². The average molecular weight is 556 g/mol. The third kappa shape index (κ3) is 5.15. The summed E-state index contributed by atoms with van der Waals surface area (Å²) in [5.41, 5.74) is 2.08. The highest BCUT2D eigenvalue weighted by Gasteiger charge is 2.26. The van der Waals surface area contributed by atoms with Gasteiger partial charge in [-0.1, -0.05) is 6.92 Å². The summed E-state index contributed by atoms with van der Waals surface area (Å²) in [4.78, 5) is 30.9. The van der Waals surface area contributed by atoms with Gasteiger partial charge >= 0.3 is 0 Å². The summed E-state index contributed by atoms with van der Waals surface area (Å²) >= 11 is 3.37. The second kappa shape index (κ2) is 10.0. The van der Waals surface area contributed by atoms with Crippen molar-refractivity contribution in [2.75, 3.05) is 6.54 Å². The molecule has 1 aliphatic rings. The molecule has 10 heteroatoms. The Labute approximate surface area is 216 Å². The molecule has 0 radical (unpaired) electrons. The Kier molecular flexibility index (Phi) is 7.19. The van der Waals surface area contributed by atoms with Gasteiger partial charge in [0.2, 0.25) is 0 Å². The number of aryl methyl sites for hydroxylation is 2. The molecule has 0 saturated carbocycles. The van der Waals surface area contributed by atoms with E-state index in [-0.39, 0.29) is 28.3 Å². The third-order valence-electron chi connectivity index (χ3n) is 5.84. The Balaban J connectivity index is 1.72. The number of pyridine rings is 2. The molecule has 3 aromatic rings. The van der Waals surface area contributed by atoms with Crippen molar-refractivity contribution in [3.8, 4) is 5.75 Å². The lowest BCUT2D eigenvalue weighted by Gasteiger charge is -2.25. The van der Waals surface area contributed by atoms with Crippen molar-refractivity contribution in [1.82, 2.24) is 19.5 Å². The summed E-state index contributed by atoms with van der Waals surface area (Å²) in [6, 6.07) is 4.54. The minimum atomic E-state index is -1.20. The van der Waals surface area contributed by atoms with E-state index in [0.29, 0.717) is 35.2 Å². The standard InChI is InChI=1S/C26H27BrFN5O3/c1-14-11-30-18(23-15(2)12-31-25(32-23)26(4,5)35)10-20(14)33-16(3)9-21(22(27)24(33)34)36-13-19-17(28)7-6-8-29-19/h6-10,12,14,35H,11,13H2,1-5H3/t14-/m1/s1. The van der Waals surface area contributed by atoms with Gasteiger partial charge in [-0.15, -0.1) is 0 Å². The minimum absolute atomic E-state index is 0.0395. The first-order chi connectivity index (χ1) is 17.0. The van der Waals surface area contributed by atoms with Gasteiger partial charge in [-0.2, -0.15) is 0 Å².